The predicted octanol–water partition coefficient (Wildman–Crippen LogP) is 0.726. The van der Waals surface area contributed by atoms with Gasteiger partial charge in [0, 0.05) is 20.2 Å². The smallest absolute Gasteiger partial charge is 0.0900 e. The molecule has 0 saturated carbocycles. The third-order valence-corrected chi connectivity index (χ3v) is 2.58. The van der Waals surface area contributed by atoms with Gasteiger partial charge < -0.3 is 14.7 Å². The van der Waals surface area contributed by atoms with Gasteiger partial charge in [-0.05, 0) is 18.4 Å². The predicted molar refractivity (Wildman–Crippen MR) is 52.7 cm³/mol. The van der Waals surface area contributed by atoms with Crippen molar-refractivity contribution in [3.63, 3.8) is 0 Å². The molecule has 0 aromatic rings. The lowest BCUT2D eigenvalue weighted by Crippen LogP contribution is -2.34. The van der Waals surface area contributed by atoms with E-state index in [0.29, 0.717) is 12.0 Å². The van der Waals surface area contributed by atoms with Crippen LogP contribution in [0.3, 0.4) is 0 Å². The minimum absolute atomic E-state index is 0.334. The largest absolute Gasteiger partial charge is 0.389 e. The lowest BCUT2D eigenvalue weighted by molar-refractivity contribution is 0.0411. The summed E-state index contributed by atoms with van der Waals surface area (Å²) in [6.45, 7) is 7.93. The molecule has 3 nitrogen and oxygen atoms in total. The summed E-state index contributed by atoms with van der Waals surface area (Å²) in [6, 6.07) is 0. The Hall–Kier alpha value is -0.120. The molecular weight excluding hydrogens is 166 g/mol. The fraction of sp³-hybridized carbons (Fsp3) is 1.00. The second-order valence-corrected chi connectivity index (χ2v) is 4.76. The van der Waals surface area contributed by atoms with Gasteiger partial charge in [0.15, 0.2) is 0 Å². The summed E-state index contributed by atoms with van der Waals surface area (Å²) in [5.74, 6) is 0. The van der Waals surface area contributed by atoms with Crippen LogP contribution in [0, 0.1) is 5.41 Å². The van der Waals surface area contributed by atoms with E-state index < -0.39 is 0 Å². The van der Waals surface area contributed by atoms with Gasteiger partial charge in [-0.1, -0.05) is 13.8 Å². The summed E-state index contributed by atoms with van der Waals surface area (Å²) in [5.41, 5.74) is 0.423. The minimum atomic E-state index is -0.334. The van der Waals surface area contributed by atoms with E-state index in [9.17, 15) is 5.11 Å². The highest BCUT2D eigenvalue weighted by atomic mass is 16.5. The van der Waals surface area contributed by atoms with E-state index in [1.54, 1.807) is 7.11 Å². The molecule has 1 heterocycles. The second kappa shape index (κ2) is 4.40. The number of aliphatic hydroxyl groups is 1. The zero-order chi connectivity index (χ0) is 9.90. The van der Waals surface area contributed by atoms with Gasteiger partial charge in [0.2, 0.25) is 0 Å². The number of methoxy groups -OCH3 is 1. The molecule has 0 amide bonds. The van der Waals surface area contributed by atoms with E-state index in [1.165, 1.54) is 6.42 Å². The van der Waals surface area contributed by atoms with E-state index in [2.05, 4.69) is 18.7 Å². The fourth-order valence-corrected chi connectivity index (χ4v) is 1.92. The van der Waals surface area contributed by atoms with E-state index in [4.69, 9.17) is 4.74 Å². The fourth-order valence-electron chi connectivity index (χ4n) is 1.92. The van der Waals surface area contributed by atoms with Gasteiger partial charge in [-0.3, -0.25) is 0 Å². The highest BCUT2D eigenvalue weighted by Gasteiger charge is 2.29. The minimum Gasteiger partial charge on any atom is -0.389 e. The Morgan fingerprint density at radius 3 is 2.69 bits per heavy atom. The zero-order valence-electron chi connectivity index (χ0n) is 8.92. The number of β-amino-alcohol motifs (C(OH)–C–C–N with tert-alkyl or cyclic N) is 1. The van der Waals surface area contributed by atoms with E-state index in [-0.39, 0.29) is 6.10 Å². The molecule has 1 rings (SSSR count). The van der Waals surface area contributed by atoms with Gasteiger partial charge in [-0.15, -0.1) is 0 Å². The third kappa shape index (κ3) is 3.63. The average Bonchev–Trinajstić information content (AvgIpc) is 2.30. The Morgan fingerprint density at radius 2 is 2.23 bits per heavy atom. The van der Waals surface area contributed by atoms with Crippen LogP contribution >= 0.6 is 0 Å². The Balaban J connectivity index is 2.24. The standard InChI is InChI=1S/C10H21NO2/c1-10(2)4-5-11(8-10)6-9(12)7-13-3/h9,12H,4-8H2,1-3H3. The third-order valence-electron chi connectivity index (χ3n) is 2.58. The summed E-state index contributed by atoms with van der Waals surface area (Å²) < 4.78 is 4.89. The topological polar surface area (TPSA) is 32.7 Å². The van der Waals surface area contributed by atoms with Gasteiger partial charge >= 0.3 is 0 Å². The first-order valence-corrected chi connectivity index (χ1v) is 4.93. The monoisotopic (exact) mass is 187 g/mol. The molecule has 0 aromatic carbocycles. The van der Waals surface area contributed by atoms with Crippen molar-refractivity contribution in [2.75, 3.05) is 33.4 Å². The Kier molecular flexibility index (Phi) is 3.71. The molecule has 0 aromatic heterocycles. The zero-order valence-corrected chi connectivity index (χ0v) is 8.92. The summed E-state index contributed by atoms with van der Waals surface area (Å²) in [7, 11) is 1.62. The first kappa shape index (κ1) is 11.0. The first-order chi connectivity index (χ1) is 6.03. The number of likely N-dealkylation sites (tertiary alicyclic amines) is 1. The highest BCUT2D eigenvalue weighted by Crippen LogP contribution is 2.28. The van der Waals surface area contributed by atoms with Gasteiger partial charge in [0.1, 0.15) is 0 Å². The highest BCUT2D eigenvalue weighted by molar-refractivity contribution is 4.83. The van der Waals surface area contributed by atoms with E-state index >= 15 is 0 Å². The lowest BCUT2D eigenvalue weighted by Gasteiger charge is -2.21. The molecule has 1 aliphatic heterocycles. The lowest BCUT2D eigenvalue weighted by atomic mass is 9.93. The Morgan fingerprint density at radius 1 is 1.54 bits per heavy atom. The Bertz CT molecular complexity index is 159. The number of hydrogen-bond donors (Lipinski definition) is 1. The molecule has 1 saturated heterocycles. The SMILES string of the molecule is COCC(O)CN1CCC(C)(C)C1. The number of hydrogen-bond acceptors (Lipinski definition) is 3. The van der Waals surface area contributed by atoms with Crippen molar-refractivity contribution in [3.8, 4) is 0 Å². The second-order valence-electron chi connectivity index (χ2n) is 4.76. The molecule has 1 aliphatic rings. The molecule has 0 radical (unpaired) electrons. The van der Waals surface area contributed by atoms with Crippen LogP contribution in [-0.4, -0.2) is 49.5 Å². The average molecular weight is 187 g/mol. The molecule has 3 heteroatoms. The van der Waals surface area contributed by atoms with Crippen molar-refractivity contribution in [3.05, 3.63) is 0 Å². The number of ether oxygens (including phenoxy) is 1. The molecule has 78 valence electrons. The molecule has 13 heavy (non-hydrogen) atoms. The van der Waals surface area contributed by atoms with E-state index in [0.717, 1.165) is 19.6 Å². The number of nitrogens with zero attached hydrogens (tertiary/aromatic N) is 1. The first-order valence-electron chi connectivity index (χ1n) is 4.93. The normalized spacial score (nSPS) is 24.9. The number of aliphatic hydroxyl groups excluding tert-OH is 1. The van der Waals surface area contributed by atoms with Gasteiger partial charge in [-0.25, -0.2) is 0 Å². The molecular formula is C10H21NO2. The maximum Gasteiger partial charge on any atom is 0.0900 e. The summed E-state index contributed by atoms with van der Waals surface area (Å²) >= 11 is 0. The van der Waals surface area contributed by atoms with Gasteiger partial charge in [-0.2, -0.15) is 0 Å². The molecule has 0 bridgehead atoms. The summed E-state index contributed by atoms with van der Waals surface area (Å²) in [4.78, 5) is 2.31. The number of rotatable bonds is 4. The van der Waals surface area contributed by atoms with Crippen LogP contribution in [-0.2, 0) is 4.74 Å². The molecule has 1 atom stereocenters. The van der Waals surface area contributed by atoms with E-state index in [1.807, 2.05) is 0 Å². The Labute approximate surface area is 80.7 Å². The molecule has 1 fully saturated rings. The van der Waals surface area contributed by atoms with Crippen molar-refractivity contribution in [2.45, 2.75) is 26.4 Å². The van der Waals surface area contributed by atoms with Crippen LogP contribution < -0.4 is 0 Å². The molecule has 0 aliphatic carbocycles. The van der Waals surface area contributed by atoms with Crippen molar-refractivity contribution in [1.29, 1.82) is 0 Å². The van der Waals surface area contributed by atoms with Gasteiger partial charge in [0.25, 0.3) is 0 Å². The van der Waals surface area contributed by atoms with Crippen LogP contribution in [0.25, 0.3) is 0 Å². The summed E-state index contributed by atoms with van der Waals surface area (Å²) in [6.07, 6.45) is 0.895. The van der Waals surface area contributed by atoms with Crippen LogP contribution in [0.5, 0.6) is 0 Å². The maximum atomic E-state index is 9.51. The van der Waals surface area contributed by atoms with Crippen LogP contribution in [0.2, 0.25) is 0 Å². The molecule has 1 unspecified atom stereocenters. The quantitative estimate of drug-likeness (QED) is 0.704. The summed E-state index contributed by atoms with van der Waals surface area (Å²) in [5, 5.41) is 9.51. The maximum absolute atomic E-state index is 9.51. The van der Waals surface area contributed by atoms with Crippen molar-refractivity contribution in [1.82, 2.24) is 4.90 Å². The van der Waals surface area contributed by atoms with Crippen molar-refractivity contribution in [2.24, 2.45) is 5.41 Å². The van der Waals surface area contributed by atoms with Crippen LogP contribution in [0.15, 0.2) is 0 Å². The molecule has 1 N–H and O–H groups in total. The van der Waals surface area contributed by atoms with Crippen LogP contribution in [0.4, 0.5) is 0 Å². The van der Waals surface area contributed by atoms with Crippen LogP contribution in [0.1, 0.15) is 20.3 Å². The van der Waals surface area contributed by atoms with Crippen molar-refractivity contribution >= 4 is 0 Å². The van der Waals surface area contributed by atoms with Gasteiger partial charge in [0.05, 0.1) is 12.7 Å². The van der Waals surface area contributed by atoms with Crippen molar-refractivity contribution < 1.29 is 9.84 Å². The molecule has 0 spiro atoms.